The molecule has 12 nitrogen and oxygen atoms in total. The Balaban J connectivity index is 1.21. The number of benzene rings is 1. The van der Waals surface area contributed by atoms with E-state index in [1.54, 1.807) is 17.6 Å². The summed E-state index contributed by atoms with van der Waals surface area (Å²) >= 11 is 0. The highest BCUT2D eigenvalue weighted by Gasteiger charge is 2.54. The van der Waals surface area contributed by atoms with Crippen LogP contribution < -0.4 is 14.4 Å². The molecule has 3 fully saturated rings. The summed E-state index contributed by atoms with van der Waals surface area (Å²) in [5, 5.41) is 14.3. The van der Waals surface area contributed by atoms with Gasteiger partial charge in [0.15, 0.2) is 17.7 Å². The lowest BCUT2D eigenvalue weighted by Crippen LogP contribution is -2.73. The van der Waals surface area contributed by atoms with Crippen molar-refractivity contribution in [1.82, 2.24) is 29.3 Å². The van der Waals surface area contributed by atoms with Gasteiger partial charge in [0.05, 0.1) is 30.8 Å². The number of anilines is 1. The average molecular weight is 634 g/mol. The van der Waals surface area contributed by atoms with Gasteiger partial charge in [-0.1, -0.05) is 0 Å². The number of fused-ring (bicyclic) bond motifs is 1. The molecule has 3 saturated heterocycles. The van der Waals surface area contributed by atoms with Gasteiger partial charge < -0.3 is 19.1 Å². The van der Waals surface area contributed by atoms with Crippen LogP contribution in [0.15, 0.2) is 36.7 Å². The number of methoxy groups -OCH3 is 1. The van der Waals surface area contributed by atoms with Crippen LogP contribution in [0.25, 0.3) is 22.2 Å². The first-order valence-corrected chi connectivity index (χ1v) is 17.2. The number of rotatable bonds is 8. The van der Waals surface area contributed by atoms with E-state index in [1.807, 2.05) is 55.9 Å². The van der Waals surface area contributed by atoms with Crippen molar-refractivity contribution in [3.8, 4) is 22.8 Å². The lowest BCUT2D eigenvalue weighted by Gasteiger charge is -2.59. The van der Waals surface area contributed by atoms with Crippen molar-refractivity contribution in [2.75, 3.05) is 51.1 Å². The van der Waals surface area contributed by atoms with E-state index in [0.29, 0.717) is 31.2 Å². The normalized spacial score (nSPS) is 20.6. The number of sulfonamides is 1. The molecular formula is C32H39N7O5S. The monoisotopic (exact) mass is 633 g/mol. The van der Waals surface area contributed by atoms with E-state index in [1.165, 1.54) is 6.26 Å². The Morgan fingerprint density at radius 3 is 2.51 bits per heavy atom. The number of aromatic nitrogens is 5. The minimum Gasteiger partial charge on any atom is -0.493 e. The van der Waals surface area contributed by atoms with Gasteiger partial charge >= 0.3 is 0 Å². The van der Waals surface area contributed by atoms with Crippen molar-refractivity contribution in [1.29, 1.82) is 0 Å². The van der Waals surface area contributed by atoms with Gasteiger partial charge in [-0.3, -0.25) is 0 Å². The van der Waals surface area contributed by atoms with Crippen LogP contribution in [0.3, 0.4) is 0 Å². The Kier molecular flexibility index (Phi) is 7.45. The summed E-state index contributed by atoms with van der Waals surface area (Å²) in [7, 11) is -1.48. The molecule has 0 radical (unpaired) electrons. The summed E-state index contributed by atoms with van der Waals surface area (Å²) in [6.45, 7) is 9.41. The number of ether oxygens (including phenoxy) is 3. The summed E-state index contributed by atoms with van der Waals surface area (Å²) in [5.74, 6) is 2.09. The fourth-order valence-electron chi connectivity index (χ4n) is 6.99. The predicted octanol–water partition coefficient (Wildman–Crippen LogP) is 4.43. The molecule has 0 N–H and O–H groups in total. The zero-order valence-electron chi connectivity index (χ0n) is 26.4. The second-order valence-corrected chi connectivity index (χ2v) is 14.7. The summed E-state index contributed by atoms with van der Waals surface area (Å²) < 4.78 is 45.7. The molecular weight excluding hydrogens is 594 g/mol. The van der Waals surface area contributed by atoms with E-state index < -0.39 is 10.0 Å². The number of pyridine rings is 1. The Labute approximate surface area is 263 Å². The molecule has 3 aliphatic heterocycles. The summed E-state index contributed by atoms with van der Waals surface area (Å²) in [6, 6.07) is 8.05. The smallest absolute Gasteiger partial charge is 0.211 e. The largest absolute Gasteiger partial charge is 0.493 e. The van der Waals surface area contributed by atoms with Gasteiger partial charge in [0.2, 0.25) is 10.0 Å². The van der Waals surface area contributed by atoms with Crippen molar-refractivity contribution < 1.29 is 22.6 Å². The molecule has 2 atom stereocenters. The highest BCUT2D eigenvalue weighted by atomic mass is 32.2. The second-order valence-electron chi connectivity index (χ2n) is 12.7. The van der Waals surface area contributed by atoms with Gasteiger partial charge in [-0.05, 0) is 63.8 Å². The lowest BCUT2D eigenvalue weighted by atomic mass is 9.74. The predicted molar refractivity (Wildman–Crippen MR) is 170 cm³/mol. The van der Waals surface area contributed by atoms with Crippen molar-refractivity contribution in [2.45, 2.75) is 52.4 Å². The first-order valence-electron chi connectivity index (χ1n) is 15.4. The van der Waals surface area contributed by atoms with Crippen LogP contribution in [0.5, 0.6) is 11.5 Å². The summed E-state index contributed by atoms with van der Waals surface area (Å²) in [5.41, 5.74) is 5.46. The zero-order valence-corrected chi connectivity index (χ0v) is 27.2. The van der Waals surface area contributed by atoms with E-state index in [-0.39, 0.29) is 17.7 Å². The van der Waals surface area contributed by atoms with Gasteiger partial charge in [0, 0.05) is 67.0 Å². The molecule has 0 aliphatic carbocycles. The maximum absolute atomic E-state index is 11.8. The fraction of sp³-hybridized carbons (Fsp3) is 0.500. The van der Waals surface area contributed by atoms with Gasteiger partial charge in [-0.15, -0.1) is 0 Å². The Morgan fingerprint density at radius 1 is 1.07 bits per heavy atom. The molecule has 2 unspecified atom stereocenters. The Bertz CT molecular complexity index is 1820. The second kappa shape index (κ2) is 11.2. The summed E-state index contributed by atoms with van der Waals surface area (Å²) in [6.07, 6.45) is 7.43. The lowest BCUT2D eigenvalue weighted by molar-refractivity contribution is -0.0365. The van der Waals surface area contributed by atoms with Crippen molar-refractivity contribution in [3.63, 3.8) is 0 Å². The molecule has 6 heterocycles. The molecule has 0 bridgehead atoms. The molecule has 1 spiro atoms. The van der Waals surface area contributed by atoms with Gasteiger partial charge in [-0.2, -0.15) is 15.3 Å². The van der Waals surface area contributed by atoms with Crippen LogP contribution in [0, 0.1) is 19.3 Å². The maximum Gasteiger partial charge on any atom is 0.211 e. The third-order valence-corrected chi connectivity index (χ3v) is 10.5. The average Bonchev–Trinajstić information content (AvgIpc) is 3.33. The molecule has 3 aromatic heterocycles. The highest BCUT2D eigenvalue weighted by Crippen LogP contribution is 2.44. The van der Waals surface area contributed by atoms with E-state index in [9.17, 15) is 8.42 Å². The highest BCUT2D eigenvalue weighted by molar-refractivity contribution is 7.88. The van der Waals surface area contributed by atoms with Crippen molar-refractivity contribution in [2.24, 2.45) is 5.41 Å². The third-order valence-electron chi connectivity index (χ3n) is 9.29. The first kappa shape index (κ1) is 29.9. The number of aryl methyl sites for hydroxylation is 2. The van der Waals surface area contributed by atoms with Crippen LogP contribution in [0.4, 0.5) is 5.82 Å². The molecule has 4 aromatic rings. The SMILES string of the molecule is COc1cc2c(cc1OC(C)c1c(C)cnnc1C)c(-c1ccc(N3CC4(C3)CN(S(C)(=O)=O)C4)nc1)nn2C1CCCCO1. The molecule has 0 amide bonds. The van der Waals surface area contributed by atoms with Crippen LogP contribution >= 0.6 is 0 Å². The molecule has 0 saturated carbocycles. The van der Waals surface area contributed by atoms with E-state index in [2.05, 4.69) is 15.1 Å². The number of hydrogen-bond donors (Lipinski definition) is 0. The molecule has 45 heavy (non-hydrogen) atoms. The fourth-order valence-corrected chi connectivity index (χ4v) is 8.01. The van der Waals surface area contributed by atoms with Crippen LogP contribution in [0.1, 0.15) is 55.3 Å². The minimum absolute atomic E-state index is 0.0361. The van der Waals surface area contributed by atoms with Gasteiger partial charge in [-0.25, -0.2) is 22.4 Å². The van der Waals surface area contributed by atoms with Crippen molar-refractivity contribution in [3.05, 3.63) is 53.5 Å². The van der Waals surface area contributed by atoms with E-state index in [4.69, 9.17) is 24.3 Å². The molecule has 1 aromatic carbocycles. The minimum atomic E-state index is -3.13. The van der Waals surface area contributed by atoms with E-state index in [0.717, 1.165) is 77.2 Å². The van der Waals surface area contributed by atoms with E-state index >= 15 is 0 Å². The topological polar surface area (TPSA) is 125 Å². The van der Waals surface area contributed by atoms with Crippen LogP contribution in [0.2, 0.25) is 0 Å². The summed E-state index contributed by atoms with van der Waals surface area (Å²) in [4.78, 5) is 7.01. The zero-order chi connectivity index (χ0) is 31.5. The standard InChI is InChI=1S/C32H39N7O5S/c1-20-14-34-35-21(2)30(20)22(3)44-27-12-24-25(13-26(27)42-4)39(29-8-6-7-11-43-29)36-31(24)23-9-10-28(33-15-23)37-16-32(17-37)18-38(19-32)45(5,40)41/h9-10,12-15,22,29H,6-8,11,16-19H2,1-5H3. The third kappa shape index (κ3) is 5.40. The van der Waals surface area contributed by atoms with Crippen LogP contribution in [-0.2, 0) is 14.8 Å². The molecule has 3 aliphatic rings. The first-order chi connectivity index (χ1) is 21.5. The number of hydrogen-bond acceptors (Lipinski definition) is 10. The quantitative estimate of drug-likeness (QED) is 0.275. The number of nitrogens with zero attached hydrogens (tertiary/aromatic N) is 7. The maximum atomic E-state index is 11.8. The molecule has 7 rings (SSSR count). The Hall–Kier alpha value is -3.81. The Morgan fingerprint density at radius 2 is 1.87 bits per heavy atom. The van der Waals surface area contributed by atoms with Crippen LogP contribution in [-0.4, -0.2) is 83.8 Å². The molecule has 13 heteroatoms. The van der Waals surface area contributed by atoms with Crippen molar-refractivity contribution >= 4 is 26.7 Å². The molecule has 238 valence electrons. The van der Waals surface area contributed by atoms with Gasteiger partial charge in [0.1, 0.15) is 17.6 Å². The van der Waals surface area contributed by atoms with Gasteiger partial charge in [0.25, 0.3) is 0 Å².